The van der Waals surface area contributed by atoms with Crippen LogP contribution in [0.1, 0.15) is 28.4 Å². The first kappa shape index (κ1) is 12.7. The molecule has 0 amide bonds. The highest BCUT2D eigenvalue weighted by Gasteiger charge is 2.12. The Labute approximate surface area is 94.8 Å². The number of hydrogen-bond donors (Lipinski definition) is 1. The number of carbonyl (C=O) groups is 1. The molecule has 5 heteroatoms. The van der Waals surface area contributed by atoms with Crippen LogP contribution in [0.5, 0.6) is 0 Å². The molecule has 1 N–H and O–H groups in total. The Morgan fingerprint density at radius 2 is 2.00 bits per heavy atom. The van der Waals surface area contributed by atoms with E-state index in [0.717, 1.165) is 0 Å². The molecule has 88 valence electrons. The lowest BCUT2D eigenvalue weighted by atomic mass is 10.1. The third-order valence-corrected chi connectivity index (χ3v) is 4.04. The van der Waals surface area contributed by atoms with Crippen LogP contribution in [0.15, 0.2) is 18.2 Å². The Morgan fingerprint density at radius 1 is 1.38 bits per heavy atom. The van der Waals surface area contributed by atoms with Crippen LogP contribution in [-0.2, 0) is 15.6 Å². The number of carboxylic acid groups (broad SMARTS) is 1. The molecule has 0 saturated carbocycles. The van der Waals surface area contributed by atoms with Gasteiger partial charge in [-0.25, -0.2) is 13.2 Å². The van der Waals surface area contributed by atoms with Gasteiger partial charge in [-0.1, -0.05) is 13.0 Å². The number of sulfone groups is 1. The minimum absolute atomic E-state index is 0.0325. The number of aromatic carboxylic acids is 1. The molecule has 0 bridgehead atoms. The summed E-state index contributed by atoms with van der Waals surface area (Å²) in [7, 11) is -3.08. The molecule has 0 atom stereocenters. The number of hydrogen-bond acceptors (Lipinski definition) is 3. The van der Waals surface area contributed by atoms with E-state index in [9.17, 15) is 13.2 Å². The SMILES string of the molecule is CCS(=O)(=O)Cc1ccc(C(=O)O)cc1C. The maximum atomic E-state index is 11.4. The summed E-state index contributed by atoms with van der Waals surface area (Å²) in [6, 6.07) is 4.48. The predicted octanol–water partition coefficient (Wildman–Crippen LogP) is 1.63. The van der Waals surface area contributed by atoms with Gasteiger partial charge in [0.15, 0.2) is 9.84 Å². The van der Waals surface area contributed by atoms with Crippen molar-refractivity contribution in [2.45, 2.75) is 19.6 Å². The van der Waals surface area contributed by atoms with Crippen LogP contribution in [0.4, 0.5) is 0 Å². The minimum Gasteiger partial charge on any atom is -0.478 e. The maximum absolute atomic E-state index is 11.4. The van der Waals surface area contributed by atoms with Gasteiger partial charge >= 0.3 is 5.97 Å². The van der Waals surface area contributed by atoms with Gasteiger partial charge in [0.2, 0.25) is 0 Å². The van der Waals surface area contributed by atoms with Gasteiger partial charge in [-0.3, -0.25) is 0 Å². The van der Waals surface area contributed by atoms with Crippen molar-refractivity contribution in [3.63, 3.8) is 0 Å². The van der Waals surface area contributed by atoms with E-state index < -0.39 is 15.8 Å². The van der Waals surface area contributed by atoms with Crippen molar-refractivity contribution in [1.29, 1.82) is 0 Å². The van der Waals surface area contributed by atoms with Crippen molar-refractivity contribution >= 4 is 15.8 Å². The third kappa shape index (κ3) is 3.06. The molecule has 0 aliphatic carbocycles. The first-order valence-corrected chi connectivity index (χ1v) is 6.71. The van der Waals surface area contributed by atoms with Crippen LogP contribution in [0.25, 0.3) is 0 Å². The first-order valence-electron chi connectivity index (χ1n) is 4.89. The summed E-state index contributed by atoms with van der Waals surface area (Å²) >= 11 is 0. The molecule has 0 aromatic heterocycles. The van der Waals surface area contributed by atoms with Crippen LogP contribution < -0.4 is 0 Å². The van der Waals surface area contributed by atoms with E-state index >= 15 is 0 Å². The molecule has 0 aliphatic rings. The highest BCUT2D eigenvalue weighted by molar-refractivity contribution is 7.90. The monoisotopic (exact) mass is 242 g/mol. The fourth-order valence-electron chi connectivity index (χ4n) is 1.33. The molecule has 1 rings (SSSR count). The molecule has 16 heavy (non-hydrogen) atoms. The van der Waals surface area contributed by atoms with Gasteiger partial charge in [-0.15, -0.1) is 0 Å². The van der Waals surface area contributed by atoms with Crippen molar-refractivity contribution in [1.82, 2.24) is 0 Å². The summed E-state index contributed by atoms with van der Waals surface area (Å²) in [5.74, 6) is -0.949. The first-order chi connectivity index (χ1) is 7.35. The van der Waals surface area contributed by atoms with Gasteiger partial charge in [-0.2, -0.15) is 0 Å². The van der Waals surface area contributed by atoms with Crippen molar-refractivity contribution in [3.05, 3.63) is 34.9 Å². The Morgan fingerprint density at radius 3 is 2.44 bits per heavy atom. The molecule has 0 aliphatic heterocycles. The van der Waals surface area contributed by atoms with Crippen LogP contribution in [-0.4, -0.2) is 25.2 Å². The highest BCUT2D eigenvalue weighted by Crippen LogP contribution is 2.14. The van der Waals surface area contributed by atoms with Crippen LogP contribution in [0, 0.1) is 6.92 Å². The molecular weight excluding hydrogens is 228 g/mol. The van der Waals surface area contributed by atoms with Crippen molar-refractivity contribution < 1.29 is 18.3 Å². The predicted molar refractivity (Wildman–Crippen MR) is 61.3 cm³/mol. The Hall–Kier alpha value is -1.36. The number of aryl methyl sites for hydroxylation is 1. The van der Waals surface area contributed by atoms with E-state index in [1.54, 1.807) is 19.9 Å². The zero-order chi connectivity index (χ0) is 12.3. The Bertz CT molecular complexity index is 503. The third-order valence-electron chi connectivity index (χ3n) is 2.40. The summed E-state index contributed by atoms with van der Waals surface area (Å²) in [4.78, 5) is 10.7. The van der Waals surface area contributed by atoms with Crippen molar-refractivity contribution in [2.75, 3.05) is 5.75 Å². The Balaban J connectivity index is 3.05. The topological polar surface area (TPSA) is 71.4 Å². The molecule has 1 aromatic carbocycles. The van der Waals surface area contributed by atoms with E-state index in [1.165, 1.54) is 12.1 Å². The minimum atomic E-state index is -3.08. The lowest BCUT2D eigenvalue weighted by molar-refractivity contribution is 0.0697. The molecule has 4 nitrogen and oxygen atoms in total. The molecular formula is C11H14O4S. The number of carboxylic acids is 1. The quantitative estimate of drug-likeness (QED) is 0.871. The highest BCUT2D eigenvalue weighted by atomic mass is 32.2. The molecule has 0 fully saturated rings. The smallest absolute Gasteiger partial charge is 0.335 e. The molecule has 0 spiro atoms. The zero-order valence-corrected chi connectivity index (χ0v) is 10.0. The summed E-state index contributed by atoms with van der Waals surface area (Å²) < 4.78 is 22.8. The second-order valence-corrected chi connectivity index (χ2v) is 5.98. The average Bonchev–Trinajstić information content (AvgIpc) is 2.20. The van der Waals surface area contributed by atoms with E-state index in [0.29, 0.717) is 11.1 Å². The van der Waals surface area contributed by atoms with Gasteiger partial charge in [0.1, 0.15) is 0 Å². The zero-order valence-electron chi connectivity index (χ0n) is 9.23. The van der Waals surface area contributed by atoms with Crippen LogP contribution >= 0.6 is 0 Å². The van der Waals surface area contributed by atoms with E-state index in [4.69, 9.17) is 5.11 Å². The van der Waals surface area contributed by atoms with Gasteiger partial charge in [-0.05, 0) is 30.2 Å². The molecule has 0 unspecified atom stereocenters. The molecule has 0 heterocycles. The summed E-state index contributed by atoms with van der Waals surface area (Å²) in [5, 5.41) is 8.76. The molecule has 0 radical (unpaired) electrons. The molecule has 1 aromatic rings. The summed E-state index contributed by atoms with van der Waals surface area (Å²) in [6.45, 7) is 3.31. The molecule has 0 saturated heterocycles. The van der Waals surface area contributed by atoms with Gasteiger partial charge in [0.25, 0.3) is 0 Å². The number of rotatable bonds is 4. The number of benzene rings is 1. The van der Waals surface area contributed by atoms with Gasteiger partial charge < -0.3 is 5.11 Å². The van der Waals surface area contributed by atoms with E-state index in [2.05, 4.69) is 0 Å². The van der Waals surface area contributed by atoms with Crippen molar-refractivity contribution in [2.24, 2.45) is 0 Å². The van der Waals surface area contributed by atoms with Crippen molar-refractivity contribution in [3.8, 4) is 0 Å². The van der Waals surface area contributed by atoms with Gasteiger partial charge in [0, 0.05) is 5.75 Å². The van der Waals surface area contributed by atoms with Crippen LogP contribution in [0.2, 0.25) is 0 Å². The van der Waals surface area contributed by atoms with E-state index in [1.807, 2.05) is 0 Å². The largest absolute Gasteiger partial charge is 0.478 e. The van der Waals surface area contributed by atoms with Gasteiger partial charge in [0.05, 0.1) is 11.3 Å². The maximum Gasteiger partial charge on any atom is 0.335 e. The lowest BCUT2D eigenvalue weighted by Crippen LogP contribution is -2.08. The van der Waals surface area contributed by atoms with E-state index in [-0.39, 0.29) is 17.1 Å². The Kier molecular flexibility index (Phi) is 3.70. The average molecular weight is 242 g/mol. The fourth-order valence-corrected chi connectivity index (χ4v) is 2.33. The second kappa shape index (κ2) is 4.65. The fraction of sp³-hybridized carbons (Fsp3) is 0.364. The summed E-state index contributed by atoms with van der Waals surface area (Å²) in [5.41, 5.74) is 1.53. The normalized spacial score (nSPS) is 11.4. The second-order valence-electron chi connectivity index (χ2n) is 3.62. The standard InChI is InChI=1S/C11H14O4S/c1-3-16(14,15)7-10-5-4-9(11(12)13)6-8(10)2/h4-6H,3,7H2,1-2H3,(H,12,13). The lowest BCUT2D eigenvalue weighted by Gasteiger charge is -2.06. The summed E-state index contributed by atoms with van der Waals surface area (Å²) in [6.07, 6.45) is 0. The van der Waals surface area contributed by atoms with Crippen LogP contribution in [0.3, 0.4) is 0 Å².